The number of rotatable bonds is 5. The van der Waals surface area contributed by atoms with Crippen LogP contribution in [0.5, 0.6) is 5.75 Å². The molecule has 3 rings (SSSR count). The van der Waals surface area contributed by atoms with Gasteiger partial charge >= 0.3 is 5.97 Å². The number of fused-ring (bicyclic) bond motifs is 1. The van der Waals surface area contributed by atoms with Gasteiger partial charge in [0, 0.05) is 11.1 Å². The molecule has 0 saturated heterocycles. The van der Waals surface area contributed by atoms with Crippen molar-refractivity contribution in [2.45, 2.75) is 27.7 Å². The van der Waals surface area contributed by atoms with Crippen molar-refractivity contribution in [2.24, 2.45) is 0 Å². The summed E-state index contributed by atoms with van der Waals surface area (Å²) in [4.78, 5) is 31.1. The molecule has 0 saturated carbocycles. The highest BCUT2D eigenvalue weighted by molar-refractivity contribution is 7.21. The molecule has 28 heavy (non-hydrogen) atoms. The second-order valence-corrected chi connectivity index (χ2v) is 7.31. The van der Waals surface area contributed by atoms with Gasteiger partial charge in [0.25, 0.3) is 5.91 Å². The summed E-state index contributed by atoms with van der Waals surface area (Å²) < 4.78 is 10.5. The Morgan fingerprint density at radius 3 is 2.54 bits per heavy atom. The summed E-state index contributed by atoms with van der Waals surface area (Å²) in [5.74, 6) is -0.380. The minimum atomic E-state index is -0.476. The van der Waals surface area contributed by atoms with E-state index in [1.165, 1.54) is 18.4 Å². The Bertz CT molecular complexity index is 1070. The minimum absolute atomic E-state index is 0.247. The Hall–Kier alpha value is -2.93. The molecule has 1 N–H and O–H groups in total. The third-order valence-corrected chi connectivity index (χ3v) is 5.75. The van der Waals surface area contributed by atoms with Gasteiger partial charge in [-0.3, -0.25) is 4.79 Å². The summed E-state index contributed by atoms with van der Waals surface area (Å²) in [6, 6.07) is 6.94. The summed E-state index contributed by atoms with van der Waals surface area (Å²) in [6.07, 6.45) is 0. The van der Waals surface area contributed by atoms with E-state index in [2.05, 4.69) is 10.3 Å². The molecule has 2 heterocycles. The zero-order valence-electron chi connectivity index (χ0n) is 16.5. The van der Waals surface area contributed by atoms with Gasteiger partial charge in [-0.15, -0.1) is 11.3 Å². The highest BCUT2D eigenvalue weighted by Crippen LogP contribution is 2.39. The number of anilines is 1. The molecule has 0 spiro atoms. The third-order valence-electron chi connectivity index (χ3n) is 4.69. The fourth-order valence-electron chi connectivity index (χ4n) is 3.01. The molecule has 7 heteroatoms. The fourth-order valence-corrected chi connectivity index (χ4v) is 4.14. The van der Waals surface area contributed by atoms with E-state index in [9.17, 15) is 9.59 Å². The average Bonchev–Trinajstić information content (AvgIpc) is 3.04. The van der Waals surface area contributed by atoms with E-state index < -0.39 is 5.97 Å². The first-order chi connectivity index (χ1) is 13.4. The van der Waals surface area contributed by atoms with Crippen molar-refractivity contribution in [3.8, 4) is 5.75 Å². The Balaban J connectivity index is 2.17. The first-order valence-electron chi connectivity index (χ1n) is 8.90. The number of pyridine rings is 1. The predicted octanol–water partition coefficient (Wildman–Crippen LogP) is 4.66. The van der Waals surface area contributed by atoms with E-state index in [1.807, 2.05) is 20.8 Å². The number of hydrogen-bond donors (Lipinski definition) is 1. The number of nitrogens with one attached hydrogen (secondary N) is 1. The number of nitrogens with zero attached hydrogens (tertiary/aromatic N) is 1. The van der Waals surface area contributed by atoms with Crippen LogP contribution >= 0.6 is 11.3 Å². The van der Waals surface area contributed by atoms with Crippen molar-refractivity contribution in [3.63, 3.8) is 0 Å². The number of carbonyl (C=O) groups excluding carboxylic acids is 2. The van der Waals surface area contributed by atoms with Crippen LogP contribution in [0.3, 0.4) is 0 Å². The molecule has 0 bridgehead atoms. The molecule has 3 aromatic rings. The zero-order valence-corrected chi connectivity index (χ0v) is 17.3. The quantitative estimate of drug-likeness (QED) is 0.633. The molecule has 6 nitrogen and oxygen atoms in total. The van der Waals surface area contributed by atoms with Crippen molar-refractivity contribution in [2.75, 3.05) is 19.0 Å². The number of aryl methyl sites for hydroxylation is 2. The number of methoxy groups -OCH3 is 1. The number of para-hydroxylation sites is 1. The smallest absolute Gasteiger partial charge is 0.350 e. The van der Waals surface area contributed by atoms with Gasteiger partial charge in [-0.05, 0) is 51.0 Å². The number of benzene rings is 1. The Morgan fingerprint density at radius 2 is 1.86 bits per heavy atom. The van der Waals surface area contributed by atoms with Gasteiger partial charge in [0.1, 0.15) is 15.5 Å². The van der Waals surface area contributed by atoms with Crippen LogP contribution in [-0.2, 0) is 4.74 Å². The topological polar surface area (TPSA) is 77.5 Å². The molecule has 1 amide bonds. The van der Waals surface area contributed by atoms with Gasteiger partial charge in [-0.1, -0.05) is 12.1 Å². The molecule has 2 aromatic heterocycles. The molecule has 0 unspecified atom stereocenters. The first-order valence-corrected chi connectivity index (χ1v) is 9.72. The number of carbonyl (C=O) groups is 2. The summed E-state index contributed by atoms with van der Waals surface area (Å²) in [5, 5.41) is 3.67. The first kappa shape index (κ1) is 19.8. The van der Waals surface area contributed by atoms with Crippen LogP contribution in [0.2, 0.25) is 0 Å². The molecule has 146 valence electrons. The minimum Gasteiger partial charge on any atom is -0.496 e. The molecular weight excluding hydrogens is 376 g/mol. The SMILES string of the molecule is CCOC(=O)c1sc2nc(C)c(C)c(C)c2c1NC(=O)c1ccccc1OC. The lowest BCUT2D eigenvalue weighted by Crippen LogP contribution is -2.15. The Labute approximate surface area is 167 Å². The van der Waals surface area contributed by atoms with Crippen molar-refractivity contribution < 1.29 is 19.1 Å². The van der Waals surface area contributed by atoms with E-state index in [4.69, 9.17) is 9.47 Å². The standard InChI is InChI=1S/C21H22N2O4S/c1-6-27-21(25)18-17(16-12(3)11(2)13(4)22-20(16)28-18)23-19(24)14-9-7-8-10-15(14)26-5/h7-10H,6H2,1-5H3,(H,23,24). The van der Waals surface area contributed by atoms with Gasteiger partial charge in [0.15, 0.2) is 0 Å². The maximum absolute atomic E-state index is 13.0. The highest BCUT2D eigenvalue weighted by atomic mass is 32.1. The number of hydrogen-bond acceptors (Lipinski definition) is 6. The van der Waals surface area contributed by atoms with Gasteiger partial charge in [0.05, 0.1) is 25.0 Å². The Kier molecular flexibility index (Phi) is 5.65. The van der Waals surface area contributed by atoms with Crippen molar-refractivity contribution in [1.29, 1.82) is 0 Å². The lowest BCUT2D eigenvalue weighted by atomic mass is 10.0. The van der Waals surface area contributed by atoms with Crippen LogP contribution in [0, 0.1) is 20.8 Å². The van der Waals surface area contributed by atoms with Crippen molar-refractivity contribution in [3.05, 3.63) is 51.5 Å². The molecular formula is C21H22N2O4S. The van der Waals surface area contributed by atoms with Gasteiger partial charge < -0.3 is 14.8 Å². The van der Waals surface area contributed by atoms with Crippen molar-refractivity contribution >= 4 is 39.1 Å². The second-order valence-electron chi connectivity index (χ2n) is 6.31. The van der Waals surface area contributed by atoms with E-state index >= 15 is 0 Å². The fraction of sp³-hybridized carbons (Fsp3) is 0.286. The number of esters is 1. The van der Waals surface area contributed by atoms with Crippen LogP contribution in [0.4, 0.5) is 5.69 Å². The van der Waals surface area contributed by atoms with E-state index in [-0.39, 0.29) is 12.5 Å². The van der Waals surface area contributed by atoms with Crippen molar-refractivity contribution in [1.82, 2.24) is 4.98 Å². The second kappa shape index (κ2) is 7.98. The predicted molar refractivity (Wildman–Crippen MR) is 111 cm³/mol. The number of thiophene rings is 1. The molecule has 0 radical (unpaired) electrons. The largest absolute Gasteiger partial charge is 0.496 e. The molecule has 1 aromatic carbocycles. The van der Waals surface area contributed by atoms with Crippen LogP contribution in [-0.4, -0.2) is 30.6 Å². The lowest BCUT2D eigenvalue weighted by Gasteiger charge is -2.12. The summed E-state index contributed by atoms with van der Waals surface area (Å²) in [6.45, 7) is 7.86. The van der Waals surface area contributed by atoms with Crippen LogP contribution in [0.15, 0.2) is 24.3 Å². The molecule has 0 atom stereocenters. The van der Waals surface area contributed by atoms with E-state index in [0.29, 0.717) is 26.7 Å². The summed E-state index contributed by atoms with van der Waals surface area (Å²) >= 11 is 1.22. The zero-order chi connectivity index (χ0) is 20.4. The van der Waals surface area contributed by atoms with Gasteiger partial charge in [-0.2, -0.15) is 0 Å². The molecule has 0 aliphatic carbocycles. The molecule has 0 aliphatic heterocycles. The summed E-state index contributed by atoms with van der Waals surface area (Å²) in [5.41, 5.74) is 3.71. The van der Waals surface area contributed by atoms with Gasteiger partial charge in [0.2, 0.25) is 0 Å². The maximum atomic E-state index is 13.0. The molecule has 0 aliphatic rings. The van der Waals surface area contributed by atoms with Crippen LogP contribution in [0.1, 0.15) is 43.8 Å². The van der Waals surface area contributed by atoms with E-state index in [1.54, 1.807) is 31.2 Å². The van der Waals surface area contributed by atoms with E-state index in [0.717, 1.165) is 22.2 Å². The third kappa shape index (κ3) is 3.45. The molecule has 0 fully saturated rings. The summed E-state index contributed by atoms with van der Waals surface area (Å²) in [7, 11) is 1.51. The monoisotopic (exact) mass is 398 g/mol. The van der Waals surface area contributed by atoms with Crippen LogP contribution in [0.25, 0.3) is 10.2 Å². The van der Waals surface area contributed by atoms with Gasteiger partial charge in [-0.25, -0.2) is 9.78 Å². The average molecular weight is 398 g/mol. The maximum Gasteiger partial charge on any atom is 0.350 e. The normalized spacial score (nSPS) is 10.8. The number of aromatic nitrogens is 1. The lowest BCUT2D eigenvalue weighted by molar-refractivity contribution is 0.0533. The highest BCUT2D eigenvalue weighted by Gasteiger charge is 2.25. The Morgan fingerprint density at radius 1 is 1.14 bits per heavy atom. The van der Waals surface area contributed by atoms with Crippen LogP contribution < -0.4 is 10.1 Å². The number of ether oxygens (including phenoxy) is 2. The number of amides is 1.